The molecular weight excluding hydrogens is 364 g/mol. The molecule has 4 nitrogen and oxygen atoms in total. The van der Waals surface area contributed by atoms with Crippen molar-refractivity contribution in [3.8, 4) is 0 Å². The summed E-state index contributed by atoms with van der Waals surface area (Å²) in [6.07, 6.45) is 2.16. The molecular formula is C16H19BrN2O2S. The van der Waals surface area contributed by atoms with Crippen molar-refractivity contribution >= 4 is 36.7 Å². The molecule has 22 heavy (non-hydrogen) atoms. The summed E-state index contributed by atoms with van der Waals surface area (Å²) < 4.78 is 30.0. The first-order chi connectivity index (χ1) is 10.4. The Balaban J connectivity index is 2.01. The molecule has 1 aromatic rings. The molecule has 0 aromatic heterocycles. The number of likely N-dealkylation sites (tertiary alicyclic amines) is 1. The van der Waals surface area contributed by atoms with Gasteiger partial charge in [0.25, 0.3) is 10.0 Å². The molecule has 0 radical (unpaired) electrons. The van der Waals surface area contributed by atoms with Gasteiger partial charge in [0.15, 0.2) is 0 Å². The molecule has 0 unspecified atom stereocenters. The van der Waals surface area contributed by atoms with E-state index in [9.17, 15) is 8.42 Å². The standard InChI is InChI=1S/C16H19BrN2O2S/c1-11-6-8-19(9-7-11)16-12(2)15(22(20,21)18-16)13-4-3-5-14(17)10-13/h3-5,10-11H,6-9H2,1-2H3. The average molecular weight is 383 g/mol. The van der Waals surface area contributed by atoms with Gasteiger partial charge in [-0.25, -0.2) is 0 Å². The first-order valence-corrected chi connectivity index (χ1v) is 9.69. The third kappa shape index (κ3) is 2.86. The number of halogens is 1. The smallest absolute Gasteiger partial charge is 0.285 e. The fourth-order valence-electron chi connectivity index (χ4n) is 3.03. The van der Waals surface area contributed by atoms with Gasteiger partial charge < -0.3 is 4.90 Å². The van der Waals surface area contributed by atoms with E-state index in [4.69, 9.17) is 0 Å². The minimum absolute atomic E-state index is 0.336. The Morgan fingerprint density at radius 1 is 1.27 bits per heavy atom. The zero-order valence-electron chi connectivity index (χ0n) is 12.7. The third-order valence-corrected chi connectivity index (χ3v) is 6.27. The van der Waals surface area contributed by atoms with E-state index in [1.54, 1.807) is 0 Å². The fourth-order valence-corrected chi connectivity index (χ4v) is 4.91. The van der Waals surface area contributed by atoms with E-state index in [2.05, 4.69) is 32.2 Å². The Morgan fingerprint density at radius 2 is 1.95 bits per heavy atom. The highest BCUT2D eigenvalue weighted by Crippen LogP contribution is 2.35. The third-order valence-electron chi connectivity index (χ3n) is 4.31. The maximum atomic E-state index is 12.5. The lowest BCUT2D eigenvalue weighted by atomic mass is 9.98. The van der Waals surface area contributed by atoms with Crippen LogP contribution in [-0.4, -0.2) is 32.2 Å². The topological polar surface area (TPSA) is 49.7 Å². The van der Waals surface area contributed by atoms with E-state index in [1.807, 2.05) is 31.2 Å². The summed E-state index contributed by atoms with van der Waals surface area (Å²) in [4.78, 5) is 2.44. The summed E-state index contributed by atoms with van der Waals surface area (Å²) in [5, 5.41) is 0. The second-order valence-corrected chi connectivity index (χ2v) is 8.48. The molecule has 0 saturated carbocycles. The summed E-state index contributed by atoms with van der Waals surface area (Å²) in [7, 11) is -3.61. The molecule has 0 spiro atoms. The van der Waals surface area contributed by atoms with Gasteiger partial charge in [0.1, 0.15) is 10.7 Å². The number of rotatable bonds is 1. The molecule has 0 bridgehead atoms. The van der Waals surface area contributed by atoms with Crippen LogP contribution in [0.4, 0.5) is 0 Å². The van der Waals surface area contributed by atoms with Gasteiger partial charge in [-0.3, -0.25) is 0 Å². The van der Waals surface area contributed by atoms with Crippen molar-refractivity contribution in [1.29, 1.82) is 0 Å². The van der Waals surface area contributed by atoms with Gasteiger partial charge >= 0.3 is 0 Å². The predicted molar refractivity (Wildman–Crippen MR) is 93.1 cm³/mol. The lowest BCUT2D eigenvalue weighted by Crippen LogP contribution is -2.37. The average Bonchev–Trinajstić information content (AvgIpc) is 2.69. The van der Waals surface area contributed by atoms with Crippen LogP contribution in [0.25, 0.3) is 4.91 Å². The number of benzene rings is 1. The highest BCUT2D eigenvalue weighted by molar-refractivity contribution is 9.10. The summed E-state index contributed by atoms with van der Waals surface area (Å²) in [5.74, 6) is 1.32. The molecule has 1 fully saturated rings. The van der Waals surface area contributed by atoms with E-state index in [1.165, 1.54) is 0 Å². The van der Waals surface area contributed by atoms with Crippen molar-refractivity contribution in [3.05, 3.63) is 39.9 Å². The van der Waals surface area contributed by atoms with Gasteiger partial charge in [-0.15, -0.1) is 4.40 Å². The quantitative estimate of drug-likeness (QED) is 0.744. The van der Waals surface area contributed by atoms with E-state index in [0.717, 1.165) is 36.0 Å². The molecule has 0 aliphatic carbocycles. The van der Waals surface area contributed by atoms with Gasteiger partial charge in [-0.05, 0) is 43.4 Å². The zero-order valence-corrected chi connectivity index (χ0v) is 15.1. The first-order valence-electron chi connectivity index (χ1n) is 7.45. The Kier molecular flexibility index (Phi) is 4.16. The van der Waals surface area contributed by atoms with Crippen molar-refractivity contribution in [2.24, 2.45) is 10.3 Å². The molecule has 0 atom stereocenters. The highest BCUT2D eigenvalue weighted by Gasteiger charge is 2.34. The lowest BCUT2D eigenvalue weighted by Gasteiger charge is -2.31. The fraction of sp³-hybridized carbons (Fsp3) is 0.438. The Morgan fingerprint density at radius 3 is 2.59 bits per heavy atom. The summed E-state index contributed by atoms with van der Waals surface area (Å²) in [6.45, 7) is 5.84. The predicted octanol–water partition coefficient (Wildman–Crippen LogP) is 3.65. The van der Waals surface area contributed by atoms with Crippen LogP contribution in [0.5, 0.6) is 0 Å². The molecule has 3 rings (SSSR count). The largest absolute Gasteiger partial charge is 0.356 e. The Labute approximate surface area is 140 Å². The van der Waals surface area contributed by atoms with Crippen LogP contribution in [-0.2, 0) is 10.0 Å². The Bertz CT molecular complexity index is 760. The van der Waals surface area contributed by atoms with Crippen molar-refractivity contribution in [3.63, 3.8) is 0 Å². The molecule has 0 N–H and O–H groups in total. The van der Waals surface area contributed by atoms with Crippen LogP contribution in [0, 0.1) is 5.92 Å². The second-order valence-electron chi connectivity index (χ2n) is 6.02. The monoisotopic (exact) mass is 382 g/mol. The van der Waals surface area contributed by atoms with Gasteiger partial charge in [-0.2, -0.15) is 8.42 Å². The van der Waals surface area contributed by atoms with Gasteiger partial charge in [0.05, 0.1) is 0 Å². The number of amidine groups is 1. The minimum atomic E-state index is -3.61. The minimum Gasteiger partial charge on any atom is -0.356 e. The molecule has 2 aliphatic rings. The molecule has 2 heterocycles. The van der Waals surface area contributed by atoms with Crippen LogP contribution >= 0.6 is 15.9 Å². The van der Waals surface area contributed by atoms with E-state index >= 15 is 0 Å². The SMILES string of the molecule is CC1=C(c2cccc(Br)c2)S(=O)(=O)N=C1N1CCC(C)CC1. The molecule has 2 aliphatic heterocycles. The van der Waals surface area contributed by atoms with Gasteiger partial charge in [0, 0.05) is 23.1 Å². The second kappa shape index (κ2) is 5.81. The normalized spacial score (nSPS) is 22.1. The van der Waals surface area contributed by atoms with Gasteiger partial charge in [0.2, 0.25) is 0 Å². The van der Waals surface area contributed by atoms with Crippen molar-refractivity contribution in [2.75, 3.05) is 13.1 Å². The van der Waals surface area contributed by atoms with E-state index in [0.29, 0.717) is 22.2 Å². The van der Waals surface area contributed by atoms with Crippen molar-refractivity contribution < 1.29 is 8.42 Å². The van der Waals surface area contributed by atoms with Crippen LogP contribution in [0.2, 0.25) is 0 Å². The van der Waals surface area contributed by atoms with Crippen LogP contribution in [0.3, 0.4) is 0 Å². The van der Waals surface area contributed by atoms with E-state index < -0.39 is 10.0 Å². The molecule has 1 aromatic carbocycles. The summed E-state index contributed by atoms with van der Waals surface area (Å²) in [5.41, 5.74) is 1.45. The number of hydrogen-bond acceptors (Lipinski definition) is 3. The molecule has 0 amide bonds. The molecule has 6 heteroatoms. The first kappa shape index (κ1) is 15.7. The van der Waals surface area contributed by atoms with Crippen molar-refractivity contribution in [2.45, 2.75) is 26.7 Å². The number of hydrogen-bond donors (Lipinski definition) is 0. The number of piperidine rings is 1. The maximum absolute atomic E-state index is 12.5. The van der Waals surface area contributed by atoms with Crippen LogP contribution in [0.15, 0.2) is 38.7 Å². The zero-order chi connectivity index (χ0) is 15.9. The van der Waals surface area contributed by atoms with Crippen LogP contribution < -0.4 is 0 Å². The van der Waals surface area contributed by atoms with Gasteiger partial charge in [-0.1, -0.05) is 35.0 Å². The summed E-state index contributed by atoms with van der Waals surface area (Å²) >= 11 is 3.40. The maximum Gasteiger partial charge on any atom is 0.285 e. The Hall–Kier alpha value is -1.14. The van der Waals surface area contributed by atoms with Crippen molar-refractivity contribution in [1.82, 2.24) is 4.90 Å². The lowest BCUT2D eigenvalue weighted by molar-refractivity contribution is 0.281. The van der Waals surface area contributed by atoms with Crippen LogP contribution in [0.1, 0.15) is 32.3 Å². The van der Waals surface area contributed by atoms with E-state index in [-0.39, 0.29) is 0 Å². The summed E-state index contributed by atoms with van der Waals surface area (Å²) in [6, 6.07) is 7.37. The number of nitrogens with zero attached hydrogens (tertiary/aromatic N) is 2. The highest BCUT2D eigenvalue weighted by atomic mass is 79.9. The molecule has 118 valence electrons. The molecule has 1 saturated heterocycles. The number of sulfonamides is 1.